The minimum Gasteiger partial charge on any atom is -0.508 e. The van der Waals surface area contributed by atoms with Gasteiger partial charge < -0.3 is 10.2 Å². The van der Waals surface area contributed by atoms with Gasteiger partial charge in [0.1, 0.15) is 11.5 Å². The second-order valence-electron chi connectivity index (χ2n) is 6.32. The molecule has 3 heteroatoms. The molecule has 0 radical (unpaired) electrons. The van der Waals surface area contributed by atoms with Gasteiger partial charge in [-0.15, -0.1) is 0 Å². The van der Waals surface area contributed by atoms with Crippen molar-refractivity contribution in [3.8, 4) is 11.5 Å². The Hall–Kier alpha value is -2.03. The Morgan fingerprint density at radius 3 is 2.52 bits per heavy atom. The topological polar surface area (TPSA) is 53.4 Å². The molecule has 2 aromatic rings. The number of aromatic hydroxyl groups is 2. The average molecular weight is 283 g/mol. The summed E-state index contributed by atoms with van der Waals surface area (Å²) in [6.07, 6.45) is 3.61. The van der Waals surface area contributed by atoms with Gasteiger partial charge in [-0.1, -0.05) is 19.9 Å². The van der Waals surface area contributed by atoms with Gasteiger partial charge in [0.05, 0.1) is 5.69 Å². The SMILES string of the molecule is Cc1cnc2c(c1)CCc1cc(O)cc(O)c1C2C(C)C. The van der Waals surface area contributed by atoms with E-state index in [1.54, 1.807) is 6.07 Å². The van der Waals surface area contributed by atoms with E-state index in [9.17, 15) is 10.2 Å². The number of phenols is 2. The maximum absolute atomic E-state index is 10.4. The molecule has 1 heterocycles. The second kappa shape index (κ2) is 5.06. The van der Waals surface area contributed by atoms with Crippen molar-refractivity contribution in [2.75, 3.05) is 0 Å². The number of hydrogen-bond donors (Lipinski definition) is 2. The van der Waals surface area contributed by atoms with Crippen molar-refractivity contribution in [3.63, 3.8) is 0 Å². The molecule has 0 bridgehead atoms. The first-order chi connectivity index (χ1) is 9.97. The van der Waals surface area contributed by atoms with Crippen molar-refractivity contribution in [1.82, 2.24) is 4.98 Å². The van der Waals surface area contributed by atoms with E-state index in [2.05, 4.69) is 31.8 Å². The highest BCUT2D eigenvalue weighted by Gasteiger charge is 2.30. The standard InChI is InChI=1S/C18H21NO2/c1-10(2)16-17-12(7-14(20)8-15(17)21)4-5-13-6-11(3)9-19-18(13)16/h6-10,16,20-21H,4-5H2,1-3H3. The molecule has 0 amide bonds. The zero-order chi connectivity index (χ0) is 15.1. The fourth-order valence-electron chi connectivity index (χ4n) is 3.42. The van der Waals surface area contributed by atoms with E-state index in [0.29, 0.717) is 5.92 Å². The Labute approximate surface area is 125 Å². The number of pyridine rings is 1. The summed E-state index contributed by atoms with van der Waals surface area (Å²) in [5, 5.41) is 20.1. The van der Waals surface area contributed by atoms with Gasteiger partial charge >= 0.3 is 0 Å². The van der Waals surface area contributed by atoms with Crippen LogP contribution in [0.25, 0.3) is 0 Å². The quantitative estimate of drug-likeness (QED) is 0.839. The number of aromatic nitrogens is 1. The van der Waals surface area contributed by atoms with Crippen LogP contribution in [-0.2, 0) is 12.8 Å². The summed E-state index contributed by atoms with van der Waals surface area (Å²) in [6.45, 7) is 6.35. The molecule has 1 aliphatic carbocycles. The van der Waals surface area contributed by atoms with Crippen LogP contribution in [0.1, 0.15) is 47.7 Å². The third-order valence-corrected chi connectivity index (χ3v) is 4.30. The van der Waals surface area contributed by atoms with E-state index in [1.807, 2.05) is 6.20 Å². The molecule has 0 saturated carbocycles. The molecule has 21 heavy (non-hydrogen) atoms. The minimum atomic E-state index is 0.0682. The first-order valence-electron chi connectivity index (χ1n) is 7.47. The van der Waals surface area contributed by atoms with E-state index in [0.717, 1.165) is 35.2 Å². The maximum Gasteiger partial charge on any atom is 0.123 e. The molecule has 0 fully saturated rings. The van der Waals surface area contributed by atoms with E-state index in [1.165, 1.54) is 11.6 Å². The number of rotatable bonds is 1. The molecule has 1 aromatic heterocycles. The number of hydrogen-bond acceptors (Lipinski definition) is 3. The highest BCUT2D eigenvalue weighted by molar-refractivity contribution is 5.53. The second-order valence-corrected chi connectivity index (χ2v) is 6.32. The first-order valence-corrected chi connectivity index (χ1v) is 7.47. The van der Waals surface area contributed by atoms with Gasteiger partial charge in [0.15, 0.2) is 0 Å². The molecular formula is C18H21NO2. The van der Waals surface area contributed by atoms with Crippen LogP contribution >= 0.6 is 0 Å². The Morgan fingerprint density at radius 1 is 1.10 bits per heavy atom. The number of aryl methyl sites for hydroxylation is 3. The monoisotopic (exact) mass is 283 g/mol. The molecule has 1 atom stereocenters. The lowest BCUT2D eigenvalue weighted by Gasteiger charge is -2.24. The molecular weight excluding hydrogens is 262 g/mol. The third kappa shape index (κ3) is 2.37. The lowest BCUT2D eigenvalue weighted by atomic mass is 9.82. The number of fused-ring (bicyclic) bond motifs is 2. The van der Waals surface area contributed by atoms with E-state index in [4.69, 9.17) is 0 Å². The maximum atomic E-state index is 10.4. The van der Waals surface area contributed by atoms with Gasteiger partial charge in [-0.3, -0.25) is 4.98 Å². The number of phenolic OH excluding ortho intramolecular Hbond substituents is 2. The van der Waals surface area contributed by atoms with Crippen LogP contribution in [0.4, 0.5) is 0 Å². The zero-order valence-corrected chi connectivity index (χ0v) is 12.7. The highest BCUT2D eigenvalue weighted by atomic mass is 16.3. The summed E-state index contributed by atoms with van der Waals surface area (Å²) >= 11 is 0. The van der Waals surface area contributed by atoms with Crippen LogP contribution in [0.3, 0.4) is 0 Å². The Morgan fingerprint density at radius 2 is 1.81 bits per heavy atom. The smallest absolute Gasteiger partial charge is 0.123 e. The Kier molecular flexibility index (Phi) is 3.36. The molecule has 1 unspecified atom stereocenters. The average Bonchev–Trinajstić information content (AvgIpc) is 2.55. The summed E-state index contributed by atoms with van der Waals surface area (Å²) in [6, 6.07) is 5.41. The predicted octanol–water partition coefficient (Wildman–Crippen LogP) is 3.69. The molecule has 2 N–H and O–H groups in total. The predicted molar refractivity (Wildman–Crippen MR) is 82.8 cm³/mol. The Balaban J connectivity index is 2.26. The normalized spacial score (nSPS) is 17.2. The first kappa shape index (κ1) is 13.9. The lowest BCUT2D eigenvalue weighted by Crippen LogP contribution is -2.13. The summed E-state index contributed by atoms with van der Waals surface area (Å²) in [5.41, 5.74) is 5.44. The van der Waals surface area contributed by atoms with Crippen molar-refractivity contribution in [1.29, 1.82) is 0 Å². The van der Waals surface area contributed by atoms with Crippen molar-refractivity contribution in [2.24, 2.45) is 5.92 Å². The molecule has 0 aliphatic heterocycles. The third-order valence-electron chi connectivity index (χ3n) is 4.30. The van der Waals surface area contributed by atoms with E-state index < -0.39 is 0 Å². The summed E-state index contributed by atoms with van der Waals surface area (Å²) in [4.78, 5) is 4.67. The zero-order valence-electron chi connectivity index (χ0n) is 12.7. The molecule has 1 aliphatic rings. The Bertz CT molecular complexity index is 692. The van der Waals surface area contributed by atoms with Crippen LogP contribution in [0, 0.1) is 12.8 Å². The lowest BCUT2D eigenvalue weighted by molar-refractivity contribution is 0.433. The highest BCUT2D eigenvalue weighted by Crippen LogP contribution is 2.43. The molecule has 3 nitrogen and oxygen atoms in total. The van der Waals surface area contributed by atoms with Crippen LogP contribution in [0.15, 0.2) is 24.4 Å². The summed E-state index contributed by atoms with van der Waals surface area (Å²) in [5.74, 6) is 0.702. The van der Waals surface area contributed by atoms with Crippen LogP contribution < -0.4 is 0 Å². The molecule has 0 spiro atoms. The van der Waals surface area contributed by atoms with E-state index in [-0.39, 0.29) is 17.4 Å². The van der Waals surface area contributed by atoms with Gasteiger partial charge in [-0.2, -0.15) is 0 Å². The van der Waals surface area contributed by atoms with Crippen LogP contribution in [0.2, 0.25) is 0 Å². The molecule has 110 valence electrons. The fraction of sp³-hybridized carbons (Fsp3) is 0.389. The summed E-state index contributed by atoms with van der Waals surface area (Å²) < 4.78 is 0. The van der Waals surface area contributed by atoms with Gasteiger partial charge in [0.25, 0.3) is 0 Å². The summed E-state index contributed by atoms with van der Waals surface area (Å²) in [7, 11) is 0. The van der Waals surface area contributed by atoms with Crippen molar-refractivity contribution >= 4 is 0 Å². The van der Waals surface area contributed by atoms with Gasteiger partial charge in [0, 0.05) is 23.7 Å². The van der Waals surface area contributed by atoms with Crippen molar-refractivity contribution < 1.29 is 10.2 Å². The van der Waals surface area contributed by atoms with Gasteiger partial charge in [-0.05, 0) is 48.4 Å². The molecule has 3 rings (SSSR count). The number of nitrogens with zero attached hydrogens (tertiary/aromatic N) is 1. The van der Waals surface area contributed by atoms with Crippen LogP contribution in [0.5, 0.6) is 11.5 Å². The molecule has 0 saturated heterocycles. The van der Waals surface area contributed by atoms with Gasteiger partial charge in [0.2, 0.25) is 0 Å². The molecule has 1 aromatic carbocycles. The fourth-order valence-corrected chi connectivity index (χ4v) is 3.42. The van der Waals surface area contributed by atoms with E-state index >= 15 is 0 Å². The number of benzene rings is 1. The minimum absolute atomic E-state index is 0.0682. The van der Waals surface area contributed by atoms with Crippen molar-refractivity contribution in [3.05, 3.63) is 52.3 Å². The largest absolute Gasteiger partial charge is 0.508 e. The van der Waals surface area contributed by atoms with Gasteiger partial charge in [-0.25, -0.2) is 0 Å². The van der Waals surface area contributed by atoms with Crippen molar-refractivity contribution in [2.45, 2.75) is 39.5 Å². The van der Waals surface area contributed by atoms with Crippen LogP contribution in [-0.4, -0.2) is 15.2 Å².